The van der Waals surface area contributed by atoms with E-state index < -0.39 is 0 Å². The maximum Gasteiger partial charge on any atom is 0.0488 e. The molecule has 0 saturated carbocycles. The Morgan fingerprint density at radius 2 is 2.27 bits per heavy atom. The van der Waals surface area contributed by atoms with Gasteiger partial charge in [0.15, 0.2) is 0 Å². The molecule has 1 N–H and O–H groups in total. The highest BCUT2D eigenvalue weighted by atomic mass is 32.1. The van der Waals surface area contributed by atoms with E-state index in [0.717, 1.165) is 13.0 Å². The van der Waals surface area contributed by atoms with E-state index in [-0.39, 0.29) is 0 Å². The number of rotatable bonds is 6. The predicted octanol–water partition coefficient (Wildman–Crippen LogP) is 2.99. The Hall–Kier alpha value is -0.380. The highest BCUT2D eigenvalue weighted by molar-refractivity contribution is 7.10. The van der Waals surface area contributed by atoms with Gasteiger partial charge in [0.2, 0.25) is 0 Å². The van der Waals surface area contributed by atoms with Crippen molar-refractivity contribution in [1.29, 1.82) is 0 Å². The van der Waals surface area contributed by atoms with Gasteiger partial charge in [0, 0.05) is 24.6 Å². The normalized spacial score (nSPS) is 15.2. The van der Waals surface area contributed by atoms with Gasteiger partial charge in [0.25, 0.3) is 0 Å². The lowest BCUT2D eigenvalue weighted by Crippen LogP contribution is -2.20. The van der Waals surface area contributed by atoms with Crippen molar-refractivity contribution >= 4 is 11.3 Å². The van der Waals surface area contributed by atoms with Crippen molar-refractivity contribution in [1.82, 2.24) is 5.32 Å². The zero-order chi connectivity index (χ0) is 11.3. The van der Waals surface area contributed by atoms with Crippen molar-refractivity contribution in [2.75, 3.05) is 20.8 Å². The Kier molecular flexibility index (Phi) is 5.29. The van der Waals surface area contributed by atoms with Gasteiger partial charge in [-0.25, -0.2) is 0 Å². The van der Waals surface area contributed by atoms with E-state index in [9.17, 15) is 0 Å². The Morgan fingerprint density at radius 3 is 2.73 bits per heavy atom. The van der Waals surface area contributed by atoms with E-state index in [1.54, 1.807) is 7.11 Å². The minimum Gasteiger partial charge on any atom is -0.384 e. The third kappa shape index (κ3) is 3.59. The summed E-state index contributed by atoms with van der Waals surface area (Å²) in [5.41, 5.74) is 1.39. The van der Waals surface area contributed by atoms with Crippen molar-refractivity contribution in [2.45, 2.75) is 26.3 Å². The van der Waals surface area contributed by atoms with Gasteiger partial charge < -0.3 is 10.1 Å². The third-order valence-electron chi connectivity index (χ3n) is 2.66. The second kappa shape index (κ2) is 6.26. The number of thiophene rings is 1. The maximum absolute atomic E-state index is 5.17. The quantitative estimate of drug-likeness (QED) is 0.806. The molecule has 0 aromatic carbocycles. The van der Waals surface area contributed by atoms with Crippen LogP contribution in [0.3, 0.4) is 0 Å². The first-order valence-corrected chi connectivity index (χ1v) is 6.27. The SMILES string of the molecule is CNC(CC(C)COC)c1sccc1C. The molecule has 0 aliphatic rings. The van der Waals surface area contributed by atoms with Crippen LogP contribution in [-0.2, 0) is 4.74 Å². The molecule has 2 nitrogen and oxygen atoms in total. The third-order valence-corrected chi connectivity index (χ3v) is 3.79. The molecular formula is C12H21NOS. The molecule has 2 unspecified atom stereocenters. The molecule has 0 spiro atoms. The lowest BCUT2D eigenvalue weighted by Gasteiger charge is -2.20. The summed E-state index contributed by atoms with van der Waals surface area (Å²) in [5.74, 6) is 0.592. The number of nitrogens with one attached hydrogen (secondary N) is 1. The van der Waals surface area contributed by atoms with Gasteiger partial charge in [-0.05, 0) is 43.3 Å². The molecule has 0 bridgehead atoms. The van der Waals surface area contributed by atoms with Crippen molar-refractivity contribution in [2.24, 2.45) is 5.92 Å². The lowest BCUT2D eigenvalue weighted by molar-refractivity contribution is 0.150. The van der Waals surface area contributed by atoms with Crippen molar-refractivity contribution in [3.8, 4) is 0 Å². The van der Waals surface area contributed by atoms with E-state index in [0.29, 0.717) is 12.0 Å². The molecule has 3 heteroatoms. The van der Waals surface area contributed by atoms with Gasteiger partial charge in [0.1, 0.15) is 0 Å². The van der Waals surface area contributed by atoms with Crippen LogP contribution in [0.2, 0.25) is 0 Å². The first kappa shape index (κ1) is 12.7. The fourth-order valence-electron chi connectivity index (χ4n) is 1.85. The Bertz CT molecular complexity index is 285. The summed E-state index contributed by atoms with van der Waals surface area (Å²) in [6, 6.07) is 2.65. The van der Waals surface area contributed by atoms with Crippen molar-refractivity contribution in [3.63, 3.8) is 0 Å². The Labute approximate surface area is 96.7 Å². The van der Waals surface area contributed by atoms with Gasteiger partial charge in [-0.3, -0.25) is 0 Å². The molecule has 0 amide bonds. The van der Waals surface area contributed by atoms with Crippen LogP contribution in [0.15, 0.2) is 11.4 Å². The molecule has 0 fully saturated rings. The maximum atomic E-state index is 5.17. The fourth-order valence-corrected chi connectivity index (χ4v) is 2.90. The molecule has 1 aromatic rings. The molecule has 2 atom stereocenters. The van der Waals surface area contributed by atoms with Gasteiger partial charge in [0.05, 0.1) is 0 Å². The summed E-state index contributed by atoms with van der Waals surface area (Å²) in [6.45, 7) is 5.25. The number of hydrogen-bond donors (Lipinski definition) is 1. The van der Waals surface area contributed by atoms with E-state index in [1.807, 2.05) is 18.4 Å². The van der Waals surface area contributed by atoms with Gasteiger partial charge in [-0.1, -0.05) is 6.92 Å². The smallest absolute Gasteiger partial charge is 0.0488 e. The second-order valence-corrected chi connectivity index (χ2v) is 5.05. The second-order valence-electron chi connectivity index (χ2n) is 4.11. The molecule has 86 valence electrons. The average molecular weight is 227 g/mol. The largest absolute Gasteiger partial charge is 0.384 e. The van der Waals surface area contributed by atoms with Gasteiger partial charge >= 0.3 is 0 Å². The first-order valence-electron chi connectivity index (χ1n) is 5.39. The Balaban J connectivity index is 2.60. The summed E-state index contributed by atoms with van der Waals surface area (Å²) >= 11 is 1.84. The molecular weight excluding hydrogens is 206 g/mol. The summed E-state index contributed by atoms with van der Waals surface area (Å²) in [4.78, 5) is 1.46. The average Bonchev–Trinajstić information content (AvgIpc) is 2.61. The molecule has 15 heavy (non-hydrogen) atoms. The van der Waals surface area contributed by atoms with E-state index in [2.05, 4.69) is 30.6 Å². The molecule has 0 aliphatic heterocycles. The van der Waals surface area contributed by atoms with Gasteiger partial charge in [-0.2, -0.15) is 0 Å². The highest BCUT2D eigenvalue weighted by Gasteiger charge is 2.16. The summed E-state index contributed by atoms with van der Waals surface area (Å²) in [6.07, 6.45) is 1.13. The number of hydrogen-bond acceptors (Lipinski definition) is 3. The Morgan fingerprint density at radius 1 is 1.53 bits per heavy atom. The van der Waals surface area contributed by atoms with E-state index >= 15 is 0 Å². The van der Waals surface area contributed by atoms with Crippen LogP contribution in [-0.4, -0.2) is 20.8 Å². The van der Waals surface area contributed by atoms with Crippen LogP contribution in [0.5, 0.6) is 0 Å². The van der Waals surface area contributed by atoms with Gasteiger partial charge in [-0.15, -0.1) is 11.3 Å². The standard InChI is InChI=1S/C12H21NOS/c1-9(8-14-4)7-11(13-3)12-10(2)5-6-15-12/h5-6,9,11,13H,7-8H2,1-4H3. The summed E-state index contributed by atoms with van der Waals surface area (Å²) in [5, 5.41) is 5.55. The summed E-state index contributed by atoms with van der Waals surface area (Å²) < 4.78 is 5.17. The molecule has 0 radical (unpaired) electrons. The van der Waals surface area contributed by atoms with Crippen molar-refractivity contribution < 1.29 is 4.74 Å². The van der Waals surface area contributed by atoms with Crippen LogP contribution in [0.1, 0.15) is 29.8 Å². The zero-order valence-electron chi connectivity index (χ0n) is 10.0. The predicted molar refractivity (Wildman–Crippen MR) is 66.5 cm³/mol. The van der Waals surface area contributed by atoms with Crippen LogP contribution >= 0.6 is 11.3 Å². The summed E-state index contributed by atoms with van der Waals surface area (Å²) in [7, 11) is 3.80. The molecule has 0 saturated heterocycles. The first-order chi connectivity index (χ1) is 7.19. The highest BCUT2D eigenvalue weighted by Crippen LogP contribution is 2.28. The monoisotopic (exact) mass is 227 g/mol. The number of methoxy groups -OCH3 is 1. The molecule has 1 heterocycles. The van der Waals surface area contributed by atoms with Crippen LogP contribution in [0.4, 0.5) is 0 Å². The van der Waals surface area contributed by atoms with Crippen LogP contribution in [0, 0.1) is 12.8 Å². The van der Waals surface area contributed by atoms with E-state index in [4.69, 9.17) is 4.74 Å². The fraction of sp³-hybridized carbons (Fsp3) is 0.667. The van der Waals surface area contributed by atoms with Crippen molar-refractivity contribution in [3.05, 3.63) is 21.9 Å². The zero-order valence-corrected chi connectivity index (χ0v) is 10.9. The number of ether oxygens (including phenoxy) is 1. The molecule has 0 aliphatic carbocycles. The minimum atomic E-state index is 0.468. The van der Waals surface area contributed by atoms with Crippen LogP contribution in [0.25, 0.3) is 0 Å². The number of aryl methyl sites for hydroxylation is 1. The molecule has 1 aromatic heterocycles. The topological polar surface area (TPSA) is 21.3 Å². The minimum absolute atomic E-state index is 0.468. The van der Waals surface area contributed by atoms with E-state index in [1.165, 1.54) is 10.4 Å². The lowest BCUT2D eigenvalue weighted by atomic mass is 10.00. The molecule has 1 rings (SSSR count). The van der Waals surface area contributed by atoms with Crippen LogP contribution < -0.4 is 5.32 Å².